The van der Waals surface area contributed by atoms with Crippen LogP contribution in [0.3, 0.4) is 0 Å². The number of anilines is 1. The first-order valence-corrected chi connectivity index (χ1v) is 14.7. The summed E-state index contributed by atoms with van der Waals surface area (Å²) in [6.45, 7) is 7.89. The second-order valence-electron chi connectivity index (χ2n) is 9.93. The first kappa shape index (κ1) is 25.0. The lowest BCUT2D eigenvalue weighted by molar-refractivity contribution is 0.123. The summed E-state index contributed by atoms with van der Waals surface area (Å²) in [6, 6.07) is 12.4. The largest absolute Gasteiger partial charge is 0.378 e. The molecule has 0 radical (unpaired) electrons. The lowest BCUT2D eigenvalue weighted by atomic mass is 10.1. The van der Waals surface area contributed by atoms with E-state index in [2.05, 4.69) is 46.0 Å². The van der Waals surface area contributed by atoms with Crippen molar-refractivity contribution in [3.8, 4) is 17.1 Å². The highest BCUT2D eigenvalue weighted by molar-refractivity contribution is 7.88. The number of hydrogen-bond donors (Lipinski definition) is 1. The maximum atomic E-state index is 11.9. The van der Waals surface area contributed by atoms with Crippen LogP contribution in [0.4, 0.5) is 5.69 Å². The zero-order valence-corrected chi connectivity index (χ0v) is 22.5. The van der Waals surface area contributed by atoms with Gasteiger partial charge < -0.3 is 14.6 Å². The van der Waals surface area contributed by atoms with Crippen LogP contribution in [0.1, 0.15) is 11.4 Å². The summed E-state index contributed by atoms with van der Waals surface area (Å²) in [5.74, 6) is 1.52. The number of hydrogen-bond acceptors (Lipinski definition) is 8. The Bertz CT molecular complexity index is 1550. The minimum Gasteiger partial charge on any atom is -0.378 e. The number of pyridine rings is 1. The van der Waals surface area contributed by atoms with Gasteiger partial charge in [-0.25, -0.2) is 23.1 Å². The minimum atomic E-state index is -3.16. The van der Waals surface area contributed by atoms with Crippen molar-refractivity contribution in [3.63, 3.8) is 0 Å². The molecule has 0 saturated carbocycles. The van der Waals surface area contributed by atoms with Crippen molar-refractivity contribution in [2.45, 2.75) is 13.5 Å². The van der Waals surface area contributed by atoms with Crippen molar-refractivity contribution in [1.82, 2.24) is 33.9 Å². The number of imidazole rings is 1. The highest BCUT2D eigenvalue weighted by Gasteiger charge is 2.25. The smallest absolute Gasteiger partial charge is 0.211 e. The van der Waals surface area contributed by atoms with Gasteiger partial charge in [-0.1, -0.05) is 23.8 Å². The van der Waals surface area contributed by atoms with Crippen LogP contribution < -0.4 is 4.90 Å². The minimum absolute atomic E-state index is 0.489. The van der Waals surface area contributed by atoms with Crippen molar-refractivity contribution in [2.75, 3.05) is 63.6 Å². The molecule has 12 heteroatoms. The van der Waals surface area contributed by atoms with Gasteiger partial charge in [0.2, 0.25) is 10.0 Å². The number of ether oxygens (including phenoxy) is 1. The number of morpholine rings is 1. The molecular formula is C26H32N8O3S. The molecule has 1 aromatic carbocycles. The lowest BCUT2D eigenvalue weighted by Crippen LogP contribution is -2.47. The van der Waals surface area contributed by atoms with Crippen LogP contribution in [0, 0.1) is 6.92 Å². The molecule has 2 aliphatic rings. The third kappa shape index (κ3) is 5.17. The van der Waals surface area contributed by atoms with E-state index in [9.17, 15) is 8.42 Å². The van der Waals surface area contributed by atoms with Gasteiger partial charge in [0.05, 0.1) is 37.4 Å². The van der Waals surface area contributed by atoms with Gasteiger partial charge in [-0.3, -0.25) is 4.90 Å². The molecule has 2 saturated heterocycles. The zero-order valence-electron chi connectivity index (χ0n) is 21.7. The highest BCUT2D eigenvalue weighted by atomic mass is 32.2. The Morgan fingerprint density at radius 3 is 2.53 bits per heavy atom. The SMILES string of the molecule is Cc1cccc(-c2ccn(-c3cc(N4CCOCC4)c4[nH]c(CN5CCN(S(C)(=O)=O)CC5)nc4n3)n2)c1. The van der Waals surface area contributed by atoms with Crippen molar-refractivity contribution < 1.29 is 13.2 Å². The van der Waals surface area contributed by atoms with Gasteiger partial charge in [0, 0.05) is 57.1 Å². The molecule has 0 unspecified atom stereocenters. The van der Waals surface area contributed by atoms with E-state index in [1.165, 1.54) is 16.1 Å². The molecule has 1 N–H and O–H groups in total. The van der Waals surface area contributed by atoms with Crippen LogP contribution in [0.2, 0.25) is 0 Å². The van der Waals surface area contributed by atoms with Crippen molar-refractivity contribution in [1.29, 1.82) is 0 Å². The molecule has 200 valence electrons. The average molecular weight is 537 g/mol. The summed E-state index contributed by atoms with van der Waals surface area (Å²) in [4.78, 5) is 17.8. The van der Waals surface area contributed by atoms with Crippen molar-refractivity contribution in [3.05, 3.63) is 54.0 Å². The Labute approximate surface area is 222 Å². The van der Waals surface area contributed by atoms with E-state index < -0.39 is 10.0 Å². The Kier molecular flexibility index (Phi) is 6.64. The molecule has 0 amide bonds. The number of aromatic amines is 1. The van der Waals surface area contributed by atoms with Gasteiger partial charge in [0.1, 0.15) is 11.3 Å². The Hall–Kier alpha value is -3.32. The third-order valence-corrected chi connectivity index (χ3v) is 8.44. The number of sulfonamides is 1. The summed E-state index contributed by atoms with van der Waals surface area (Å²) < 4.78 is 32.7. The molecule has 5 heterocycles. The van der Waals surface area contributed by atoms with Crippen LogP contribution >= 0.6 is 0 Å². The first-order valence-electron chi connectivity index (χ1n) is 12.9. The predicted octanol–water partition coefficient (Wildman–Crippen LogP) is 2.03. The Morgan fingerprint density at radius 1 is 1.00 bits per heavy atom. The van der Waals surface area contributed by atoms with Gasteiger partial charge in [0.25, 0.3) is 0 Å². The average Bonchev–Trinajstić information content (AvgIpc) is 3.56. The fraction of sp³-hybridized carbons (Fsp3) is 0.423. The van der Waals surface area contributed by atoms with Crippen LogP contribution in [0.25, 0.3) is 28.2 Å². The molecule has 0 spiro atoms. The highest BCUT2D eigenvalue weighted by Crippen LogP contribution is 2.29. The normalized spacial score (nSPS) is 17.9. The van der Waals surface area contributed by atoms with Gasteiger partial charge in [-0.15, -0.1) is 0 Å². The fourth-order valence-corrected chi connectivity index (χ4v) is 5.92. The van der Waals surface area contributed by atoms with E-state index in [0.29, 0.717) is 57.4 Å². The van der Waals surface area contributed by atoms with Crippen molar-refractivity contribution in [2.24, 2.45) is 0 Å². The maximum Gasteiger partial charge on any atom is 0.211 e. The van der Waals surface area contributed by atoms with E-state index in [-0.39, 0.29) is 0 Å². The monoisotopic (exact) mass is 536 g/mol. The molecule has 2 fully saturated rings. The molecule has 11 nitrogen and oxygen atoms in total. The zero-order chi connectivity index (χ0) is 26.3. The second kappa shape index (κ2) is 10.1. The number of fused-ring (bicyclic) bond motifs is 1. The predicted molar refractivity (Wildman–Crippen MR) is 146 cm³/mol. The van der Waals surface area contributed by atoms with Gasteiger partial charge in [-0.2, -0.15) is 9.40 Å². The summed E-state index contributed by atoms with van der Waals surface area (Å²) >= 11 is 0. The van der Waals surface area contributed by atoms with Gasteiger partial charge in [0.15, 0.2) is 11.5 Å². The lowest BCUT2D eigenvalue weighted by Gasteiger charge is -2.32. The third-order valence-electron chi connectivity index (χ3n) is 7.14. The van der Waals surface area contributed by atoms with E-state index >= 15 is 0 Å². The van der Waals surface area contributed by atoms with Crippen LogP contribution in [-0.4, -0.2) is 101 Å². The molecule has 2 aliphatic heterocycles. The quantitative estimate of drug-likeness (QED) is 0.398. The van der Waals surface area contributed by atoms with Crippen LogP contribution in [-0.2, 0) is 21.3 Å². The molecule has 3 aromatic heterocycles. The number of nitrogens with zero attached hydrogens (tertiary/aromatic N) is 7. The molecular weight excluding hydrogens is 504 g/mol. The standard InChI is InChI=1S/C26H32N8O3S/c1-19-4-3-5-20(16-19)21-6-7-34(30-21)24-17-22(32-12-14-37-15-13-32)25-26(29-24)28-23(27-25)18-31-8-10-33(11-9-31)38(2,35)36/h3-7,16-17H,8-15,18H2,1-2H3,(H,27,28,29). The topological polar surface area (TPSA) is 112 Å². The van der Waals surface area contributed by atoms with Crippen LogP contribution in [0.5, 0.6) is 0 Å². The Balaban J connectivity index is 1.31. The fourth-order valence-electron chi connectivity index (χ4n) is 5.09. The van der Waals surface area contributed by atoms with Gasteiger partial charge >= 0.3 is 0 Å². The molecule has 6 rings (SSSR count). The maximum absolute atomic E-state index is 11.9. The van der Waals surface area contributed by atoms with E-state index in [4.69, 9.17) is 19.8 Å². The van der Waals surface area contributed by atoms with Crippen molar-refractivity contribution >= 4 is 26.9 Å². The van der Waals surface area contributed by atoms with E-state index in [0.717, 1.165) is 41.4 Å². The van der Waals surface area contributed by atoms with E-state index in [1.807, 2.05) is 18.3 Å². The number of H-pyrrole nitrogens is 1. The number of aryl methyl sites for hydroxylation is 1. The number of rotatable bonds is 6. The molecule has 0 bridgehead atoms. The van der Waals surface area contributed by atoms with Crippen LogP contribution in [0.15, 0.2) is 42.6 Å². The molecule has 38 heavy (non-hydrogen) atoms. The number of aromatic nitrogens is 5. The summed E-state index contributed by atoms with van der Waals surface area (Å²) in [7, 11) is -3.16. The Morgan fingerprint density at radius 2 is 1.79 bits per heavy atom. The summed E-state index contributed by atoms with van der Waals surface area (Å²) in [5.41, 5.74) is 5.71. The number of nitrogens with one attached hydrogen (secondary N) is 1. The molecule has 4 aromatic rings. The molecule has 0 atom stereocenters. The summed E-state index contributed by atoms with van der Waals surface area (Å²) in [5, 5.41) is 4.82. The van der Waals surface area contributed by atoms with Gasteiger partial charge in [-0.05, 0) is 19.1 Å². The molecule has 0 aliphatic carbocycles. The first-order chi connectivity index (χ1) is 18.3. The second-order valence-corrected chi connectivity index (χ2v) is 11.9. The van der Waals surface area contributed by atoms with E-state index in [1.54, 1.807) is 4.68 Å². The number of piperazine rings is 1. The summed E-state index contributed by atoms with van der Waals surface area (Å²) in [6.07, 6.45) is 3.20. The number of benzene rings is 1.